The fourth-order valence-corrected chi connectivity index (χ4v) is 10.3. The number of hydrogen-bond donors (Lipinski definition) is 0. The molecule has 0 heterocycles. The van der Waals surface area contributed by atoms with Crippen LogP contribution in [0, 0.1) is 0 Å². The summed E-state index contributed by atoms with van der Waals surface area (Å²) in [6.45, 7) is 10.1. The Bertz CT molecular complexity index is 470. The van der Waals surface area contributed by atoms with Gasteiger partial charge in [0.1, 0.15) is 5.73 Å². The summed E-state index contributed by atoms with van der Waals surface area (Å²) in [6, 6.07) is 0. The van der Waals surface area contributed by atoms with Crippen molar-refractivity contribution in [1.82, 2.24) is 0 Å². The monoisotopic (exact) mass is 386 g/mol. The molecule has 0 bridgehead atoms. The summed E-state index contributed by atoms with van der Waals surface area (Å²) >= 11 is 0. The zero-order valence-corrected chi connectivity index (χ0v) is 16.8. The third-order valence-corrected chi connectivity index (χ3v) is 9.34. The number of hydrogen-bond acceptors (Lipinski definition) is 5. The average Bonchev–Trinajstić information content (AvgIpc) is 2.36. The van der Waals surface area contributed by atoms with E-state index in [0.29, 0.717) is 12.5 Å². The molecule has 0 rings (SSSR count). The Morgan fingerprint density at radius 3 is 1.96 bits per heavy atom. The van der Waals surface area contributed by atoms with Crippen LogP contribution in [0.25, 0.3) is 0 Å². The van der Waals surface area contributed by atoms with Gasteiger partial charge in [0, 0.05) is 12.2 Å². The van der Waals surface area contributed by atoms with E-state index in [9.17, 15) is 22.8 Å². The van der Waals surface area contributed by atoms with E-state index >= 15 is 0 Å². The van der Waals surface area contributed by atoms with Gasteiger partial charge in [-0.2, -0.15) is 13.2 Å². The molecule has 0 saturated carbocycles. The van der Waals surface area contributed by atoms with Crippen LogP contribution in [0.15, 0.2) is 12.2 Å². The van der Waals surface area contributed by atoms with E-state index in [4.69, 9.17) is 8.85 Å². The zero-order valence-electron chi connectivity index (χ0n) is 14.8. The highest BCUT2D eigenvalue weighted by molar-refractivity contribution is 6.84. The van der Waals surface area contributed by atoms with E-state index < -0.39 is 47.1 Å². The topological polar surface area (TPSA) is 61.8 Å². The summed E-state index contributed by atoms with van der Waals surface area (Å²) < 4.78 is 51.1. The average molecular weight is 387 g/mol. The second kappa shape index (κ2) is 8.81. The van der Waals surface area contributed by atoms with Crippen molar-refractivity contribution >= 4 is 28.6 Å². The highest BCUT2D eigenvalue weighted by atomic mass is 28.4. The SMILES string of the molecule is CCC(OC(=O)/C=C/C(=O)OCC(F)(F)F)[Si](C)(C)O[Si](C)(C)C. The van der Waals surface area contributed by atoms with E-state index in [2.05, 4.69) is 4.74 Å². The number of rotatable bonds is 8. The van der Waals surface area contributed by atoms with Crippen LogP contribution >= 0.6 is 0 Å². The Morgan fingerprint density at radius 2 is 1.54 bits per heavy atom. The van der Waals surface area contributed by atoms with Crippen molar-refractivity contribution in [2.24, 2.45) is 0 Å². The minimum Gasteiger partial charge on any atom is -0.460 e. The number of halogens is 3. The van der Waals surface area contributed by atoms with Gasteiger partial charge in [0.15, 0.2) is 14.9 Å². The van der Waals surface area contributed by atoms with E-state index in [1.165, 1.54) is 0 Å². The smallest absolute Gasteiger partial charge is 0.422 e. The van der Waals surface area contributed by atoms with Crippen molar-refractivity contribution < 1.29 is 36.3 Å². The Morgan fingerprint density at radius 1 is 1.04 bits per heavy atom. The van der Waals surface area contributed by atoms with Crippen molar-refractivity contribution in [1.29, 1.82) is 0 Å². The third-order valence-electron chi connectivity index (χ3n) is 2.71. The van der Waals surface area contributed by atoms with Gasteiger partial charge in [0.2, 0.25) is 8.32 Å². The first-order chi connectivity index (χ1) is 10.7. The first kappa shape index (κ1) is 22.9. The van der Waals surface area contributed by atoms with Crippen LogP contribution in [-0.2, 0) is 23.2 Å². The Kier molecular flexibility index (Phi) is 8.39. The predicted octanol–water partition coefficient (Wildman–Crippen LogP) is 3.57. The molecule has 24 heavy (non-hydrogen) atoms. The molecule has 0 aliphatic heterocycles. The van der Waals surface area contributed by atoms with Crippen LogP contribution in [0.2, 0.25) is 32.7 Å². The van der Waals surface area contributed by atoms with Crippen LogP contribution < -0.4 is 0 Å². The van der Waals surface area contributed by atoms with Crippen LogP contribution in [0.4, 0.5) is 13.2 Å². The minimum absolute atomic E-state index is 0.424. The molecule has 5 nitrogen and oxygen atoms in total. The standard InChI is InChI=1S/C14H25F3O5Si2/c1-7-13(24(5,6)22-23(2,3)4)21-12(19)9-8-11(18)20-10-14(15,16)17/h8-9,13H,7,10H2,1-6H3/b9-8+. The summed E-state index contributed by atoms with van der Waals surface area (Å²) in [5, 5.41) is 0. The molecular formula is C14H25F3O5Si2. The maximum absolute atomic E-state index is 11.9. The summed E-state index contributed by atoms with van der Waals surface area (Å²) in [4.78, 5) is 22.9. The van der Waals surface area contributed by atoms with Crippen LogP contribution in [0.1, 0.15) is 13.3 Å². The lowest BCUT2D eigenvalue weighted by Crippen LogP contribution is -2.52. The van der Waals surface area contributed by atoms with Gasteiger partial charge in [-0.3, -0.25) is 0 Å². The lowest BCUT2D eigenvalue weighted by Gasteiger charge is -2.36. The molecule has 140 valence electrons. The van der Waals surface area contributed by atoms with Gasteiger partial charge in [0.05, 0.1) is 0 Å². The molecule has 0 aliphatic rings. The van der Waals surface area contributed by atoms with E-state index in [1.54, 1.807) is 0 Å². The van der Waals surface area contributed by atoms with E-state index in [0.717, 1.165) is 6.08 Å². The van der Waals surface area contributed by atoms with Crippen molar-refractivity contribution in [2.75, 3.05) is 6.61 Å². The molecular weight excluding hydrogens is 361 g/mol. The van der Waals surface area contributed by atoms with Gasteiger partial charge in [-0.25, -0.2) is 9.59 Å². The highest BCUT2D eigenvalue weighted by Crippen LogP contribution is 2.22. The molecule has 0 aromatic carbocycles. The molecule has 1 atom stereocenters. The quantitative estimate of drug-likeness (QED) is 0.363. The molecule has 10 heteroatoms. The first-order valence-electron chi connectivity index (χ1n) is 7.48. The van der Waals surface area contributed by atoms with Gasteiger partial charge in [0.25, 0.3) is 0 Å². The Labute approximate surface area is 142 Å². The molecule has 0 fully saturated rings. The fraction of sp³-hybridized carbons (Fsp3) is 0.714. The van der Waals surface area contributed by atoms with Gasteiger partial charge in [-0.05, 0) is 39.2 Å². The van der Waals surface area contributed by atoms with Crippen molar-refractivity contribution in [3.63, 3.8) is 0 Å². The van der Waals surface area contributed by atoms with Crippen molar-refractivity contribution in [3.05, 3.63) is 12.2 Å². The lowest BCUT2D eigenvalue weighted by molar-refractivity contribution is -0.182. The number of alkyl halides is 3. The van der Waals surface area contributed by atoms with Crippen molar-refractivity contribution in [3.8, 4) is 0 Å². The number of carbonyl (C=O) groups excluding carboxylic acids is 2. The molecule has 0 N–H and O–H groups in total. The summed E-state index contributed by atoms with van der Waals surface area (Å²) in [5.74, 6) is -2.07. The zero-order chi connectivity index (χ0) is 19.2. The van der Waals surface area contributed by atoms with Gasteiger partial charge >= 0.3 is 18.1 Å². The number of esters is 2. The molecule has 0 spiro atoms. The Hall–Kier alpha value is -1.14. The summed E-state index contributed by atoms with van der Waals surface area (Å²) in [6.07, 6.45) is -2.68. The molecule has 0 radical (unpaired) electrons. The predicted molar refractivity (Wildman–Crippen MR) is 88.2 cm³/mol. The normalized spacial score (nSPS) is 14.5. The van der Waals surface area contributed by atoms with Crippen molar-refractivity contribution in [2.45, 2.75) is 58.0 Å². The van der Waals surface area contributed by atoms with Crippen LogP contribution in [0.3, 0.4) is 0 Å². The second-order valence-corrected chi connectivity index (χ2v) is 15.6. The highest BCUT2D eigenvalue weighted by Gasteiger charge is 2.39. The lowest BCUT2D eigenvalue weighted by atomic mass is 10.5. The molecule has 0 aliphatic carbocycles. The maximum Gasteiger partial charge on any atom is 0.422 e. The number of ether oxygens (including phenoxy) is 2. The molecule has 0 amide bonds. The molecule has 0 aromatic rings. The van der Waals surface area contributed by atoms with E-state index in [1.807, 2.05) is 39.7 Å². The third kappa shape index (κ3) is 10.6. The van der Waals surface area contributed by atoms with Crippen LogP contribution in [-0.4, -0.2) is 47.1 Å². The summed E-state index contributed by atoms with van der Waals surface area (Å²) in [5.41, 5.74) is -0.424. The molecule has 1 unspecified atom stereocenters. The van der Waals surface area contributed by atoms with Gasteiger partial charge < -0.3 is 13.6 Å². The molecule has 0 aromatic heterocycles. The van der Waals surface area contributed by atoms with Gasteiger partial charge in [-0.1, -0.05) is 6.92 Å². The van der Waals surface area contributed by atoms with E-state index in [-0.39, 0.29) is 0 Å². The molecule has 0 saturated heterocycles. The fourth-order valence-electron chi connectivity index (χ4n) is 2.09. The van der Waals surface area contributed by atoms with Gasteiger partial charge in [-0.15, -0.1) is 0 Å². The maximum atomic E-state index is 11.9. The number of carbonyl (C=O) groups is 2. The van der Waals surface area contributed by atoms with Crippen LogP contribution in [0.5, 0.6) is 0 Å². The largest absolute Gasteiger partial charge is 0.460 e. The first-order valence-corrected chi connectivity index (χ1v) is 13.9. The Balaban J connectivity index is 4.66. The minimum atomic E-state index is -4.61. The second-order valence-electron chi connectivity index (χ2n) is 6.71. The summed E-state index contributed by atoms with van der Waals surface area (Å²) in [7, 11) is -4.12.